The maximum atomic E-state index is 11.0. The van der Waals surface area contributed by atoms with E-state index in [0.29, 0.717) is 0 Å². The molecule has 98 valence electrons. The van der Waals surface area contributed by atoms with Gasteiger partial charge in [-0.1, -0.05) is 0 Å². The van der Waals surface area contributed by atoms with Gasteiger partial charge >= 0.3 is 0 Å². The first kappa shape index (κ1) is 14.4. The van der Waals surface area contributed by atoms with Crippen LogP contribution >= 0.6 is 11.6 Å². The Morgan fingerprint density at radius 1 is 1.44 bits per heavy atom. The minimum absolute atomic E-state index is 0.00569. The number of nitrogens with two attached hydrogens (primary N) is 1. The van der Waals surface area contributed by atoms with Gasteiger partial charge in [0.05, 0.1) is 16.9 Å². The van der Waals surface area contributed by atoms with Crippen LogP contribution in [0.15, 0.2) is 18.2 Å². The van der Waals surface area contributed by atoms with Crippen molar-refractivity contribution in [3.05, 3.63) is 39.4 Å². The van der Waals surface area contributed by atoms with E-state index in [1.54, 1.807) is 0 Å². The number of carbonyl (C=O) groups excluding carboxylic acids is 1. The Kier molecular flexibility index (Phi) is 4.60. The van der Waals surface area contributed by atoms with Crippen LogP contribution in [-0.2, 0) is 0 Å². The highest BCUT2D eigenvalue weighted by molar-refractivity contribution is 6.18. The van der Waals surface area contributed by atoms with Crippen molar-refractivity contribution in [1.82, 2.24) is 0 Å². The molecule has 0 aliphatic heterocycles. The lowest BCUT2D eigenvalue weighted by Crippen LogP contribution is -2.21. The molecule has 0 spiro atoms. The van der Waals surface area contributed by atoms with Gasteiger partial charge in [0.15, 0.2) is 0 Å². The summed E-state index contributed by atoms with van der Waals surface area (Å²) in [6, 6.07) is 3.22. The quantitative estimate of drug-likeness (QED) is 0.405. The van der Waals surface area contributed by atoms with E-state index in [1.807, 2.05) is 0 Å². The average molecular weight is 275 g/mol. The Morgan fingerprint density at radius 2 is 2.06 bits per heavy atom. The molecule has 7 nitrogen and oxygen atoms in total. The third-order valence-electron chi connectivity index (χ3n) is 2.30. The van der Waals surface area contributed by atoms with Gasteiger partial charge in [-0.2, -0.15) is 0 Å². The van der Waals surface area contributed by atoms with Gasteiger partial charge in [0, 0.05) is 17.7 Å². The van der Waals surface area contributed by atoms with Gasteiger partial charge in [0.2, 0.25) is 5.91 Å². The number of nitrogens with zero attached hydrogens (tertiary/aromatic N) is 1. The van der Waals surface area contributed by atoms with E-state index in [4.69, 9.17) is 17.3 Å². The molecule has 1 amide bonds. The first-order valence-corrected chi connectivity index (χ1v) is 5.41. The maximum Gasteiger partial charge on any atom is 0.270 e. The van der Waals surface area contributed by atoms with E-state index < -0.39 is 28.7 Å². The van der Waals surface area contributed by atoms with E-state index in [1.165, 1.54) is 6.07 Å². The van der Waals surface area contributed by atoms with Gasteiger partial charge in [-0.3, -0.25) is 14.9 Å². The minimum atomic E-state index is -1.43. The molecule has 4 N–H and O–H groups in total. The summed E-state index contributed by atoms with van der Waals surface area (Å²) in [6.07, 6.45) is -2.73. The van der Waals surface area contributed by atoms with Crippen molar-refractivity contribution in [3.8, 4) is 0 Å². The van der Waals surface area contributed by atoms with Gasteiger partial charge in [0.25, 0.3) is 5.69 Å². The van der Waals surface area contributed by atoms with E-state index in [2.05, 4.69) is 0 Å². The molecule has 0 aliphatic rings. The highest BCUT2D eigenvalue weighted by Crippen LogP contribution is 2.24. The summed E-state index contributed by atoms with van der Waals surface area (Å²) in [6.45, 7) is 0. The second-order valence-corrected chi connectivity index (χ2v) is 3.91. The summed E-state index contributed by atoms with van der Waals surface area (Å²) < 4.78 is 0. The van der Waals surface area contributed by atoms with Crippen molar-refractivity contribution in [2.75, 3.05) is 5.88 Å². The number of aliphatic hydroxyl groups excluding tert-OH is 2. The molecule has 0 fully saturated rings. The maximum absolute atomic E-state index is 11.0. The third kappa shape index (κ3) is 3.16. The predicted octanol–water partition coefficient (Wildman–Crippen LogP) is 0.327. The molecule has 0 saturated carbocycles. The molecule has 2 unspecified atom stereocenters. The van der Waals surface area contributed by atoms with Crippen molar-refractivity contribution >= 4 is 23.2 Å². The Bertz CT molecular complexity index is 447. The van der Waals surface area contributed by atoms with Gasteiger partial charge < -0.3 is 15.9 Å². The highest BCUT2D eigenvalue weighted by Gasteiger charge is 2.22. The normalized spacial score (nSPS) is 13.9. The number of non-ortho nitro benzene ring substituents is 1. The van der Waals surface area contributed by atoms with Crippen molar-refractivity contribution in [3.63, 3.8) is 0 Å². The van der Waals surface area contributed by atoms with Gasteiger partial charge in [0.1, 0.15) is 6.10 Å². The van der Waals surface area contributed by atoms with E-state index in [0.717, 1.165) is 12.1 Å². The predicted molar refractivity (Wildman–Crippen MR) is 63.3 cm³/mol. The van der Waals surface area contributed by atoms with Gasteiger partial charge in [-0.05, 0) is 11.6 Å². The van der Waals surface area contributed by atoms with Gasteiger partial charge in [-0.15, -0.1) is 11.6 Å². The van der Waals surface area contributed by atoms with Crippen LogP contribution in [-0.4, -0.2) is 33.0 Å². The fourth-order valence-electron chi connectivity index (χ4n) is 1.36. The number of halogens is 1. The lowest BCUT2D eigenvalue weighted by Gasteiger charge is -2.16. The van der Waals surface area contributed by atoms with Crippen molar-refractivity contribution in [1.29, 1.82) is 0 Å². The molecule has 0 radical (unpaired) electrons. The van der Waals surface area contributed by atoms with E-state index in [-0.39, 0.29) is 17.0 Å². The topological polar surface area (TPSA) is 127 Å². The second-order valence-electron chi connectivity index (χ2n) is 3.60. The number of benzene rings is 1. The number of nitro benzene ring substituents is 1. The van der Waals surface area contributed by atoms with E-state index >= 15 is 0 Å². The average Bonchev–Trinajstić information content (AvgIpc) is 2.36. The van der Waals surface area contributed by atoms with Crippen LogP contribution in [0.5, 0.6) is 0 Å². The van der Waals surface area contributed by atoms with Gasteiger partial charge in [-0.25, -0.2) is 0 Å². The number of alkyl halides is 1. The Morgan fingerprint density at radius 3 is 2.50 bits per heavy atom. The highest BCUT2D eigenvalue weighted by atomic mass is 35.5. The van der Waals surface area contributed by atoms with Crippen LogP contribution in [0.25, 0.3) is 0 Å². The monoisotopic (exact) mass is 274 g/mol. The lowest BCUT2D eigenvalue weighted by atomic mass is 10.0. The Balaban J connectivity index is 3.26. The fourth-order valence-corrected chi connectivity index (χ4v) is 1.53. The number of primary amides is 1. The number of aliphatic hydroxyl groups is 2. The zero-order chi connectivity index (χ0) is 13.9. The summed E-state index contributed by atoms with van der Waals surface area (Å²) in [5.41, 5.74) is 4.51. The Labute approximate surface area is 107 Å². The zero-order valence-corrected chi connectivity index (χ0v) is 9.87. The summed E-state index contributed by atoms with van der Waals surface area (Å²) in [5.74, 6) is -1.12. The molecule has 0 aromatic heterocycles. The Hall–Kier alpha value is -1.70. The molecule has 18 heavy (non-hydrogen) atoms. The molecule has 1 aromatic rings. The number of hydrogen-bond donors (Lipinski definition) is 3. The standard InChI is InChI=1S/C10H11ClN2O5/c11-4-8(14)9(15)5-1-6(10(12)16)3-7(2-5)13(17)18/h1-3,8-9,14-15H,4H2,(H2,12,16). The molecule has 0 bridgehead atoms. The number of rotatable bonds is 5. The van der Waals surface area contributed by atoms with Crippen molar-refractivity contribution in [2.45, 2.75) is 12.2 Å². The number of hydrogen-bond acceptors (Lipinski definition) is 5. The van der Waals surface area contributed by atoms with Crippen LogP contribution in [0.1, 0.15) is 22.0 Å². The SMILES string of the molecule is NC(=O)c1cc(C(O)C(O)CCl)cc([N+](=O)[O-])c1. The third-order valence-corrected chi connectivity index (χ3v) is 2.62. The van der Waals surface area contributed by atoms with Crippen molar-refractivity contribution in [2.24, 2.45) is 5.73 Å². The zero-order valence-electron chi connectivity index (χ0n) is 9.12. The summed E-state index contributed by atoms with van der Waals surface area (Å²) in [4.78, 5) is 21.0. The molecule has 0 aliphatic carbocycles. The van der Waals surface area contributed by atoms with E-state index in [9.17, 15) is 25.1 Å². The summed E-state index contributed by atoms with van der Waals surface area (Å²) in [7, 11) is 0. The van der Waals surface area contributed by atoms with Crippen LogP contribution in [0, 0.1) is 10.1 Å². The fraction of sp³-hybridized carbons (Fsp3) is 0.300. The molecular weight excluding hydrogens is 264 g/mol. The first-order chi connectivity index (χ1) is 8.36. The molecule has 1 rings (SSSR count). The molecule has 2 atom stereocenters. The van der Waals surface area contributed by atoms with Crippen LogP contribution in [0.4, 0.5) is 5.69 Å². The number of amides is 1. The lowest BCUT2D eigenvalue weighted by molar-refractivity contribution is -0.385. The summed E-state index contributed by atoms with van der Waals surface area (Å²) in [5, 5.41) is 29.7. The van der Waals surface area contributed by atoms with Crippen LogP contribution in [0.2, 0.25) is 0 Å². The molecular formula is C10H11ClN2O5. The van der Waals surface area contributed by atoms with Crippen LogP contribution < -0.4 is 5.73 Å². The molecule has 0 saturated heterocycles. The molecule has 0 heterocycles. The molecule has 8 heteroatoms. The largest absolute Gasteiger partial charge is 0.389 e. The number of carbonyl (C=O) groups is 1. The minimum Gasteiger partial charge on any atom is -0.389 e. The first-order valence-electron chi connectivity index (χ1n) is 4.88. The second kappa shape index (κ2) is 5.76. The summed E-state index contributed by atoms with van der Waals surface area (Å²) >= 11 is 5.37. The van der Waals surface area contributed by atoms with Crippen molar-refractivity contribution < 1.29 is 19.9 Å². The smallest absolute Gasteiger partial charge is 0.270 e. The number of nitro groups is 1. The molecule has 1 aromatic carbocycles. The van der Waals surface area contributed by atoms with Crippen LogP contribution in [0.3, 0.4) is 0 Å².